The van der Waals surface area contributed by atoms with Gasteiger partial charge in [0.2, 0.25) is 0 Å². The number of piperazine rings is 1. The van der Waals surface area contributed by atoms with Gasteiger partial charge in [0.1, 0.15) is 0 Å². The van der Waals surface area contributed by atoms with Crippen molar-refractivity contribution < 1.29 is 4.74 Å². The lowest BCUT2D eigenvalue weighted by molar-refractivity contribution is 0.0236. The molecule has 0 saturated carbocycles. The van der Waals surface area contributed by atoms with Gasteiger partial charge in [0.05, 0.1) is 6.61 Å². The molecule has 96 valence electrons. The lowest BCUT2D eigenvalue weighted by atomic mass is 10.1. The first-order chi connectivity index (χ1) is 7.69. The van der Waals surface area contributed by atoms with Crippen molar-refractivity contribution in [3.63, 3.8) is 0 Å². The Morgan fingerprint density at radius 3 is 2.31 bits per heavy atom. The number of hydrogen-bond acceptors (Lipinski definition) is 4. The van der Waals surface area contributed by atoms with Crippen molar-refractivity contribution in [2.24, 2.45) is 0 Å². The number of ether oxygens (including phenoxy) is 1. The molecule has 1 rings (SSSR count). The largest absolute Gasteiger partial charge is 0.383 e. The zero-order valence-electron chi connectivity index (χ0n) is 11.1. The number of thioether (sulfide) groups is 1. The number of rotatable bonds is 6. The minimum absolute atomic E-state index is 0.653. The third-order valence-corrected chi connectivity index (χ3v) is 3.93. The Balaban J connectivity index is 2.37. The monoisotopic (exact) mass is 246 g/mol. The van der Waals surface area contributed by atoms with Gasteiger partial charge in [-0.1, -0.05) is 0 Å². The fourth-order valence-electron chi connectivity index (χ4n) is 2.51. The van der Waals surface area contributed by atoms with Crippen molar-refractivity contribution >= 4 is 11.8 Å². The summed E-state index contributed by atoms with van der Waals surface area (Å²) in [4.78, 5) is 5.16. The van der Waals surface area contributed by atoms with Crippen molar-refractivity contribution in [3.05, 3.63) is 0 Å². The van der Waals surface area contributed by atoms with Crippen LogP contribution in [0.4, 0.5) is 0 Å². The van der Waals surface area contributed by atoms with Crippen LogP contribution >= 0.6 is 11.8 Å². The lowest BCUT2D eigenvalue weighted by Crippen LogP contribution is -2.57. The Kier molecular flexibility index (Phi) is 6.73. The van der Waals surface area contributed by atoms with Crippen LogP contribution in [0.25, 0.3) is 0 Å². The Bertz CT molecular complexity index is 180. The summed E-state index contributed by atoms with van der Waals surface area (Å²) in [5.41, 5.74) is 0. The fraction of sp³-hybridized carbons (Fsp3) is 1.00. The molecule has 0 unspecified atom stereocenters. The minimum atomic E-state index is 0.653. The summed E-state index contributed by atoms with van der Waals surface area (Å²) in [6, 6.07) is 1.31. The molecular weight excluding hydrogens is 220 g/mol. The summed E-state index contributed by atoms with van der Waals surface area (Å²) in [5.74, 6) is 1.25. The predicted octanol–water partition coefficient (Wildman–Crippen LogP) is 1.39. The Morgan fingerprint density at radius 1 is 1.19 bits per heavy atom. The molecule has 0 spiro atoms. The van der Waals surface area contributed by atoms with Gasteiger partial charge in [-0.2, -0.15) is 11.8 Å². The molecule has 3 nitrogen and oxygen atoms in total. The molecular formula is C12H26N2OS. The van der Waals surface area contributed by atoms with Gasteiger partial charge in [0, 0.05) is 51.1 Å². The van der Waals surface area contributed by atoms with Crippen LogP contribution in [0, 0.1) is 0 Å². The molecule has 2 atom stereocenters. The molecule has 1 aliphatic heterocycles. The molecule has 1 fully saturated rings. The van der Waals surface area contributed by atoms with Crippen molar-refractivity contribution in [1.29, 1.82) is 0 Å². The quantitative estimate of drug-likeness (QED) is 0.703. The molecule has 0 bridgehead atoms. The summed E-state index contributed by atoms with van der Waals surface area (Å²) in [7, 11) is 1.78. The smallest absolute Gasteiger partial charge is 0.0589 e. The average Bonchev–Trinajstić information content (AvgIpc) is 2.25. The van der Waals surface area contributed by atoms with Crippen LogP contribution in [0.3, 0.4) is 0 Å². The first-order valence-electron chi connectivity index (χ1n) is 6.15. The molecule has 0 radical (unpaired) electrons. The Morgan fingerprint density at radius 2 is 1.81 bits per heavy atom. The maximum Gasteiger partial charge on any atom is 0.0589 e. The molecule has 4 heteroatoms. The molecule has 1 heterocycles. The third-order valence-electron chi connectivity index (χ3n) is 3.34. The maximum atomic E-state index is 5.17. The summed E-state index contributed by atoms with van der Waals surface area (Å²) >= 11 is 1.94. The summed E-state index contributed by atoms with van der Waals surface area (Å²) in [6.45, 7) is 10.2. The van der Waals surface area contributed by atoms with Gasteiger partial charge in [-0.05, 0) is 20.1 Å². The molecule has 0 amide bonds. The van der Waals surface area contributed by atoms with E-state index in [0.29, 0.717) is 12.1 Å². The van der Waals surface area contributed by atoms with Gasteiger partial charge >= 0.3 is 0 Å². The minimum Gasteiger partial charge on any atom is -0.383 e. The van der Waals surface area contributed by atoms with Gasteiger partial charge in [0.15, 0.2) is 0 Å². The maximum absolute atomic E-state index is 5.17. The lowest BCUT2D eigenvalue weighted by Gasteiger charge is -2.44. The molecule has 16 heavy (non-hydrogen) atoms. The van der Waals surface area contributed by atoms with Gasteiger partial charge in [0.25, 0.3) is 0 Å². The van der Waals surface area contributed by atoms with E-state index in [2.05, 4.69) is 29.9 Å². The van der Waals surface area contributed by atoms with Crippen LogP contribution in [0.1, 0.15) is 13.8 Å². The summed E-state index contributed by atoms with van der Waals surface area (Å²) < 4.78 is 5.17. The first-order valence-corrected chi connectivity index (χ1v) is 7.54. The highest BCUT2D eigenvalue weighted by Gasteiger charge is 2.28. The molecule has 0 aromatic carbocycles. The zero-order valence-corrected chi connectivity index (χ0v) is 11.9. The molecule has 1 saturated heterocycles. The van der Waals surface area contributed by atoms with E-state index in [9.17, 15) is 0 Å². The predicted molar refractivity (Wildman–Crippen MR) is 72.3 cm³/mol. The van der Waals surface area contributed by atoms with E-state index in [1.165, 1.54) is 25.4 Å². The Hall–Kier alpha value is 0.230. The zero-order chi connectivity index (χ0) is 12.0. The van der Waals surface area contributed by atoms with Crippen molar-refractivity contribution in [2.75, 3.05) is 51.9 Å². The number of hydrogen-bond donors (Lipinski definition) is 0. The second-order valence-corrected chi connectivity index (χ2v) is 5.67. The molecule has 0 aliphatic carbocycles. The van der Waals surface area contributed by atoms with E-state index in [1.54, 1.807) is 7.11 Å². The van der Waals surface area contributed by atoms with Gasteiger partial charge in [-0.15, -0.1) is 0 Å². The molecule has 0 N–H and O–H groups in total. The van der Waals surface area contributed by atoms with E-state index in [1.807, 2.05) is 11.8 Å². The van der Waals surface area contributed by atoms with E-state index >= 15 is 0 Å². The molecule has 0 aromatic rings. The third kappa shape index (κ3) is 4.24. The van der Waals surface area contributed by atoms with E-state index in [4.69, 9.17) is 4.74 Å². The van der Waals surface area contributed by atoms with E-state index in [0.717, 1.165) is 13.2 Å². The van der Waals surface area contributed by atoms with E-state index < -0.39 is 0 Å². The molecule has 1 aliphatic rings. The van der Waals surface area contributed by atoms with Gasteiger partial charge in [-0.25, -0.2) is 0 Å². The first kappa shape index (κ1) is 14.3. The van der Waals surface area contributed by atoms with Crippen molar-refractivity contribution in [3.8, 4) is 0 Å². The average molecular weight is 246 g/mol. The van der Waals surface area contributed by atoms with Crippen molar-refractivity contribution in [2.45, 2.75) is 25.9 Å². The highest BCUT2D eigenvalue weighted by Crippen LogP contribution is 2.15. The van der Waals surface area contributed by atoms with E-state index in [-0.39, 0.29) is 0 Å². The van der Waals surface area contributed by atoms with Crippen LogP contribution < -0.4 is 0 Å². The summed E-state index contributed by atoms with van der Waals surface area (Å²) in [6.07, 6.45) is 2.18. The van der Waals surface area contributed by atoms with Gasteiger partial charge < -0.3 is 4.74 Å². The fourth-order valence-corrected chi connectivity index (χ4v) is 2.95. The number of nitrogens with zero attached hydrogens (tertiary/aromatic N) is 2. The van der Waals surface area contributed by atoms with Crippen LogP contribution in [-0.2, 0) is 4.74 Å². The van der Waals surface area contributed by atoms with Crippen molar-refractivity contribution in [1.82, 2.24) is 9.80 Å². The van der Waals surface area contributed by atoms with Crippen LogP contribution in [0.15, 0.2) is 0 Å². The Labute approximate surface area is 105 Å². The topological polar surface area (TPSA) is 15.7 Å². The summed E-state index contributed by atoms with van der Waals surface area (Å²) in [5, 5.41) is 0. The number of methoxy groups -OCH3 is 1. The normalized spacial score (nSPS) is 28.5. The standard InChI is InChI=1S/C12H26N2OS/c1-11-9-13(6-8-16-4)10-12(2)14(11)5-7-15-3/h11-12H,5-10H2,1-4H3/t11-,12-/m1/s1. The second kappa shape index (κ2) is 7.54. The van der Waals surface area contributed by atoms with Crippen LogP contribution in [0.2, 0.25) is 0 Å². The van der Waals surface area contributed by atoms with Crippen LogP contribution in [-0.4, -0.2) is 73.8 Å². The second-order valence-electron chi connectivity index (χ2n) is 4.68. The van der Waals surface area contributed by atoms with Gasteiger partial charge in [-0.3, -0.25) is 9.80 Å². The van der Waals surface area contributed by atoms with Crippen LogP contribution in [0.5, 0.6) is 0 Å². The SMILES string of the molecule is COCCN1[C@H](C)CN(CCSC)C[C@H]1C. The highest BCUT2D eigenvalue weighted by atomic mass is 32.2. The molecule has 0 aromatic heterocycles. The highest BCUT2D eigenvalue weighted by molar-refractivity contribution is 7.98.